The van der Waals surface area contributed by atoms with Crippen molar-refractivity contribution in [2.45, 2.75) is 38.8 Å². The number of hydrogen-bond acceptors (Lipinski definition) is 3. The maximum atomic E-state index is 9.00. The first kappa shape index (κ1) is 13.6. The molecule has 0 aromatic heterocycles. The van der Waals surface area contributed by atoms with E-state index in [1.54, 1.807) is 0 Å². The highest BCUT2D eigenvalue weighted by Crippen LogP contribution is 2.02. The average molecular weight is 220 g/mol. The van der Waals surface area contributed by atoms with E-state index in [1.165, 1.54) is 0 Å². The van der Waals surface area contributed by atoms with E-state index in [1.807, 2.05) is 27.7 Å². The van der Waals surface area contributed by atoms with Crippen molar-refractivity contribution in [2.75, 3.05) is 13.2 Å². The fourth-order valence-corrected chi connectivity index (χ4v) is 1.28. The molecule has 0 saturated carbocycles. The lowest BCUT2D eigenvalue weighted by Crippen LogP contribution is -2.56. The molecule has 4 nitrogen and oxygen atoms in total. The fourth-order valence-electron chi connectivity index (χ4n) is 0.725. The zero-order valence-electron chi connectivity index (χ0n) is 9.22. The molecule has 0 atom stereocenters. The quantitative estimate of drug-likeness (QED) is 0.502. The van der Waals surface area contributed by atoms with Gasteiger partial charge in [-0.15, -0.1) is 0 Å². The Balaban J connectivity index is 4.12. The number of hydrogen-bond donors (Lipinski definition) is 4. The summed E-state index contributed by atoms with van der Waals surface area (Å²) in [5, 5.41) is 24.3. The van der Waals surface area contributed by atoms with Crippen LogP contribution < -0.4 is 10.6 Å². The van der Waals surface area contributed by atoms with Crippen molar-refractivity contribution in [1.29, 1.82) is 0 Å². The highest BCUT2D eigenvalue weighted by atomic mass is 32.1. The number of nitrogens with one attached hydrogen (secondary N) is 2. The molecule has 0 amide bonds. The Bertz CT molecular complexity index is 185. The van der Waals surface area contributed by atoms with E-state index >= 15 is 0 Å². The van der Waals surface area contributed by atoms with Gasteiger partial charge in [0.15, 0.2) is 5.11 Å². The lowest BCUT2D eigenvalue weighted by molar-refractivity contribution is 0.194. The Labute approximate surface area is 90.7 Å². The standard InChI is InChI=1S/C9H20N2O2S/c1-8(2,5-12)10-7(14)11-9(3,4)6-13/h12-13H,5-6H2,1-4H3,(H2,10,11,14). The smallest absolute Gasteiger partial charge is 0.167 e. The predicted octanol–water partition coefficient (Wildman–Crippen LogP) is -0.00770. The third-order valence-corrected chi connectivity index (χ3v) is 1.90. The Morgan fingerprint density at radius 2 is 1.29 bits per heavy atom. The summed E-state index contributed by atoms with van der Waals surface area (Å²) in [6.45, 7) is 7.35. The summed E-state index contributed by atoms with van der Waals surface area (Å²) in [6.07, 6.45) is 0. The number of aliphatic hydroxyl groups is 2. The van der Waals surface area contributed by atoms with Crippen molar-refractivity contribution < 1.29 is 10.2 Å². The maximum Gasteiger partial charge on any atom is 0.167 e. The minimum absolute atomic E-state index is 0.00558. The van der Waals surface area contributed by atoms with Crippen LogP contribution in [0.3, 0.4) is 0 Å². The van der Waals surface area contributed by atoms with Crippen LogP contribution in [-0.4, -0.2) is 39.6 Å². The number of rotatable bonds is 4. The summed E-state index contributed by atoms with van der Waals surface area (Å²) >= 11 is 5.04. The van der Waals surface area contributed by atoms with Crippen LogP contribution >= 0.6 is 12.2 Å². The van der Waals surface area contributed by atoms with E-state index in [0.717, 1.165) is 0 Å². The zero-order valence-corrected chi connectivity index (χ0v) is 10.0. The first-order valence-corrected chi connectivity index (χ1v) is 4.95. The van der Waals surface area contributed by atoms with Gasteiger partial charge in [0.05, 0.1) is 24.3 Å². The van der Waals surface area contributed by atoms with E-state index in [2.05, 4.69) is 10.6 Å². The molecule has 0 aromatic carbocycles. The molecule has 4 N–H and O–H groups in total. The van der Waals surface area contributed by atoms with Crippen LogP contribution in [0.1, 0.15) is 27.7 Å². The zero-order chi connectivity index (χ0) is 11.4. The third kappa shape index (κ3) is 5.36. The van der Waals surface area contributed by atoms with Gasteiger partial charge in [0.2, 0.25) is 0 Å². The van der Waals surface area contributed by atoms with Gasteiger partial charge >= 0.3 is 0 Å². The van der Waals surface area contributed by atoms with Crippen LogP contribution in [0.5, 0.6) is 0 Å². The third-order valence-electron chi connectivity index (χ3n) is 1.69. The second-order valence-corrected chi connectivity index (χ2v) is 5.07. The Morgan fingerprint density at radius 3 is 1.50 bits per heavy atom. The summed E-state index contributed by atoms with van der Waals surface area (Å²) in [5.41, 5.74) is -0.898. The second kappa shape index (κ2) is 4.91. The Morgan fingerprint density at radius 1 is 1.00 bits per heavy atom. The van der Waals surface area contributed by atoms with Gasteiger partial charge in [0.1, 0.15) is 0 Å². The van der Waals surface area contributed by atoms with Gasteiger partial charge in [-0.25, -0.2) is 0 Å². The maximum absolute atomic E-state index is 9.00. The molecule has 0 rings (SSSR count). The molecule has 0 spiro atoms. The molecule has 5 heteroatoms. The summed E-state index contributed by atoms with van der Waals surface area (Å²) in [7, 11) is 0. The monoisotopic (exact) mass is 220 g/mol. The van der Waals surface area contributed by atoms with E-state index in [9.17, 15) is 0 Å². The SMILES string of the molecule is CC(C)(CO)NC(=S)NC(C)(C)CO. The minimum Gasteiger partial charge on any atom is -0.394 e. The lowest BCUT2D eigenvalue weighted by atomic mass is 10.1. The lowest BCUT2D eigenvalue weighted by Gasteiger charge is -2.30. The van der Waals surface area contributed by atoms with Gasteiger partial charge in [-0.2, -0.15) is 0 Å². The van der Waals surface area contributed by atoms with E-state index < -0.39 is 11.1 Å². The molecule has 0 bridgehead atoms. The van der Waals surface area contributed by atoms with Gasteiger partial charge in [0.25, 0.3) is 0 Å². The summed E-state index contributed by atoms with van der Waals surface area (Å²) in [6, 6.07) is 0. The van der Waals surface area contributed by atoms with Crippen LogP contribution in [0.25, 0.3) is 0 Å². The predicted molar refractivity (Wildman–Crippen MR) is 61.2 cm³/mol. The van der Waals surface area contributed by atoms with Gasteiger partial charge in [-0.3, -0.25) is 0 Å². The van der Waals surface area contributed by atoms with E-state index in [0.29, 0.717) is 5.11 Å². The van der Waals surface area contributed by atoms with Crippen LogP contribution in [0, 0.1) is 0 Å². The highest BCUT2D eigenvalue weighted by Gasteiger charge is 2.21. The minimum atomic E-state index is -0.449. The van der Waals surface area contributed by atoms with Crippen molar-refractivity contribution in [3.05, 3.63) is 0 Å². The molecule has 0 unspecified atom stereocenters. The molecule has 84 valence electrons. The largest absolute Gasteiger partial charge is 0.394 e. The van der Waals surface area contributed by atoms with Gasteiger partial charge < -0.3 is 20.8 Å². The Hall–Kier alpha value is -0.390. The van der Waals surface area contributed by atoms with Crippen molar-refractivity contribution in [3.8, 4) is 0 Å². The summed E-state index contributed by atoms with van der Waals surface area (Å²) in [5.74, 6) is 0. The van der Waals surface area contributed by atoms with Crippen molar-refractivity contribution in [2.24, 2.45) is 0 Å². The molecule has 0 fully saturated rings. The first-order valence-electron chi connectivity index (χ1n) is 4.54. The molecular weight excluding hydrogens is 200 g/mol. The fraction of sp³-hybridized carbons (Fsp3) is 0.889. The molecule has 0 aliphatic heterocycles. The van der Waals surface area contributed by atoms with Crippen LogP contribution in [0.4, 0.5) is 0 Å². The topological polar surface area (TPSA) is 64.5 Å². The molecule has 0 aromatic rings. The molecule has 0 saturated heterocycles. The Kier molecular flexibility index (Phi) is 4.77. The second-order valence-electron chi connectivity index (χ2n) is 4.66. The molecule has 0 aliphatic carbocycles. The first-order chi connectivity index (χ1) is 6.22. The normalized spacial score (nSPS) is 12.4. The van der Waals surface area contributed by atoms with Gasteiger partial charge in [0, 0.05) is 0 Å². The molecule has 0 heterocycles. The molecule has 14 heavy (non-hydrogen) atoms. The number of thiocarbonyl (C=S) groups is 1. The van der Waals surface area contributed by atoms with Crippen LogP contribution in [0.15, 0.2) is 0 Å². The van der Waals surface area contributed by atoms with Crippen molar-refractivity contribution in [3.63, 3.8) is 0 Å². The average Bonchev–Trinajstić information content (AvgIpc) is 2.02. The van der Waals surface area contributed by atoms with Gasteiger partial charge in [-0.1, -0.05) is 0 Å². The van der Waals surface area contributed by atoms with Crippen molar-refractivity contribution >= 4 is 17.3 Å². The molecule has 0 radical (unpaired) electrons. The van der Waals surface area contributed by atoms with E-state index in [-0.39, 0.29) is 13.2 Å². The van der Waals surface area contributed by atoms with Crippen molar-refractivity contribution in [1.82, 2.24) is 10.6 Å². The van der Waals surface area contributed by atoms with E-state index in [4.69, 9.17) is 22.4 Å². The van der Waals surface area contributed by atoms with Crippen LogP contribution in [0.2, 0.25) is 0 Å². The molecular formula is C9H20N2O2S. The van der Waals surface area contributed by atoms with Gasteiger partial charge in [-0.05, 0) is 39.9 Å². The number of aliphatic hydroxyl groups excluding tert-OH is 2. The highest BCUT2D eigenvalue weighted by molar-refractivity contribution is 7.80. The van der Waals surface area contributed by atoms with Crippen LogP contribution in [-0.2, 0) is 0 Å². The summed E-state index contributed by atoms with van der Waals surface area (Å²) < 4.78 is 0. The summed E-state index contributed by atoms with van der Waals surface area (Å²) in [4.78, 5) is 0. The molecule has 0 aliphatic rings.